The summed E-state index contributed by atoms with van der Waals surface area (Å²) in [5, 5.41) is 7.87. The van der Waals surface area contributed by atoms with Crippen molar-refractivity contribution in [1.82, 2.24) is 15.6 Å². The van der Waals surface area contributed by atoms with Gasteiger partial charge in [0.1, 0.15) is 5.69 Å². The first-order valence-corrected chi connectivity index (χ1v) is 7.42. The summed E-state index contributed by atoms with van der Waals surface area (Å²) >= 11 is 0. The van der Waals surface area contributed by atoms with Crippen LogP contribution >= 0.6 is 0 Å². The van der Waals surface area contributed by atoms with Crippen molar-refractivity contribution >= 4 is 16.8 Å². The van der Waals surface area contributed by atoms with Crippen LogP contribution in [-0.4, -0.2) is 29.0 Å². The van der Waals surface area contributed by atoms with Gasteiger partial charge in [-0.15, -0.1) is 0 Å². The Hall–Kier alpha value is -1.81. The molecule has 0 radical (unpaired) electrons. The Bertz CT molecular complexity index is 603. The second-order valence-electron chi connectivity index (χ2n) is 6.05. The fraction of sp³-hybridized carbons (Fsp3) is 0.438. The zero-order chi connectivity index (χ0) is 13.5. The van der Waals surface area contributed by atoms with Crippen LogP contribution in [0, 0.1) is 0 Å². The highest BCUT2D eigenvalue weighted by Gasteiger charge is 2.34. The summed E-state index contributed by atoms with van der Waals surface area (Å²) < 4.78 is 0. The maximum absolute atomic E-state index is 12.4. The average molecular weight is 269 g/mol. The molecular formula is C16H19N3O. The molecule has 1 aromatic carbocycles. The van der Waals surface area contributed by atoms with Crippen LogP contribution in [-0.2, 0) is 0 Å². The largest absolute Gasteiger partial charge is 0.351 e. The van der Waals surface area contributed by atoms with E-state index in [1.807, 2.05) is 30.3 Å². The van der Waals surface area contributed by atoms with Gasteiger partial charge in [0.2, 0.25) is 0 Å². The smallest absolute Gasteiger partial charge is 0.267 e. The summed E-state index contributed by atoms with van der Waals surface area (Å²) in [6.07, 6.45) is 4.62. The molecule has 4 nitrogen and oxygen atoms in total. The van der Waals surface area contributed by atoms with Crippen molar-refractivity contribution in [2.24, 2.45) is 0 Å². The summed E-state index contributed by atoms with van der Waals surface area (Å²) in [7, 11) is 0. The number of benzene rings is 1. The number of para-hydroxylation sites is 1. The number of carbonyl (C=O) groups is 1. The quantitative estimate of drug-likeness (QED) is 0.782. The average Bonchev–Trinajstić information content (AvgIpc) is 3.02. The van der Waals surface area contributed by atoms with E-state index < -0.39 is 0 Å². The Labute approximate surface area is 117 Å². The number of hydrogen-bond acceptors (Lipinski definition) is 2. The van der Waals surface area contributed by atoms with Gasteiger partial charge in [0.25, 0.3) is 5.91 Å². The lowest BCUT2D eigenvalue weighted by atomic mass is 10.00. The first kappa shape index (κ1) is 12.0. The molecule has 2 saturated heterocycles. The van der Waals surface area contributed by atoms with Gasteiger partial charge in [0.15, 0.2) is 0 Å². The van der Waals surface area contributed by atoms with Crippen molar-refractivity contribution in [3.05, 3.63) is 36.0 Å². The molecule has 1 aromatic heterocycles. The molecule has 4 heteroatoms. The fourth-order valence-electron chi connectivity index (χ4n) is 3.63. The van der Waals surface area contributed by atoms with Gasteiger partial charge in [-0.1, -0.05) is 18.2 Å². The first-order valence-electron chi connectivity index (χ1n) is 7.42. The maximum atomic E-state index is 12.4. The molecule has 2 aliphatic rings. The Morgan fingerprint density at radius 2 is 1.90 bits per heavy atom. The number of nitrogens with one attached hydrogen (secondary N) is 3. The zero-order valence-electron chi connectivity index (χ0n) is 11.4. The minimum atomic E-state index is 0.0208. The third kappa shape index (κ3) is 2.10. The molecular weight excluding hydrogens is 250 g/mol. The number of rotatable bonds is 2. The van der Waals surface area contributed by atoms with Crippen LogP contribution in [0.5, 0.6) is 0 Å². The third-order valence-corrected chi connectivity index (χ3v) is 4.58. The van der Waals surface area contributed by atoms with Crippen LogP contribution in [0.4, 0.5) is 0 Å². The van der Waals surface area contributed by atoms with Gasteiger partial charge in [-0.25, -0.2) is 0 Å². The van der Waals surface area contributed by atoms with E-state index in [0.717, 1.165) is 23.7 Å². The van der Waals surface area contributed by atoms with Crippen molar-refractivity contribution in [2.45, 2.75) is 43.8 Å². The van der Waals surface area contributed by atoms with E-state index in [2.05, 4.69) is 15.6 Å². The lowest BCUT2D eigenvalue weighted by Gasteiger charge is -2.29. The molecule has 104 valence electrons. The predicted molar refractivity (Wildman–Crippen MR) is 78.7 cm³/mol. The Morgan fingerprint density at radius 3 is 2.65 bits per heavy atom. The lowest BCUT2D eigenvalue weighted by molar-refractivity contribution is 0.0919. The summed E-state index contributed by atoms with van der Waals surface area (Å²) in [5.74, 6) is 0.0208. The third-order valence-electron chi connectivity index (χ3n) is 4.58. The van der Waals surface area contributed by atoms with Crippen LogP contribution in [0.1, 0.15) is 36.2 Å². The van der Waals surface area contributed by atoms with E-state index in [4.69, 9.17) is 0 Å². The molecule has 1 amide bonds. The molecule has 3 N–H and O–H groups in total. The van der Waals surface area contributed by atoms with Gasteiger partial charge in [0.05, 0.1) is 0 Å². The zero-order valence-corrected chi connectivity index (χ0v) is 11.4. The molecule has 0 aliphatic carbocycles. The number of carbonyl (C=O) groups excluding carboxylic acids is 1. The molecule has 0 spiro atoms. The number of hydrogen-bond donors (Lipinski definition) is 3. The number of fused-ring (bicyclic) bond motifs is 3. The van der Waals surface area contributed by atoms with Crippen molar-refractivity contribution in [2.75, 3.05) is 0 Å². The normalized spacial score (nSPS) is 28.7. The van der Waals surface area contributed by atoms with E-state index in [1.54, 1.807) is 0 Å². The SMILES string of the molecule is O=C(NC1CC2CCC(C1)N2)c1cc2ccccc2[nH]1. The van der Waals surface area contributed by atoms with E-state index in [-0.39, 0.29) is 5.91 Å². The molecule has 2 atom stereocenters. The second kappa shape index (κ2) is 4.63. The number of aromatic nitrogens is 1. The van der Waals surface area contributed by atoms with Crippen LogP contribution < -0.4 is 10.6 Å². The number of H-pyrrole nitrogens is 1. The molecule has 2 fully saturated rings. The molecule has 2 aliphatic heterocycles. The number of aromatic amines is 1. The Morgan fingerprint density at radius 1 is 1.15 bits per heavy atom. The van der Waals surface area contributed by atoms with Gasteiger partial charge in [-0.3, -0.25) is 4.79 Å². The van der Waals surface area contributed by atoms with Gasteiger partial charge in [0, 0.05) is 29.0 Å². The van der Waals surface area contributed by atoms with Gasteiger partial charge in [-0.05, 0) is 37.8 Å². The maximum Gasteiger partial charge on any atom is 0.267 e. The molecule has 2 unspecified atom stereocenters. The van der Waals surface area contributed by atoms with Crippen LogP contribution in [0.25, 0.3) is 10.9 Å². The predicted octanol–water partition coefficient (Wildman–Crippen LogP) is 2.18. The van der Waals surface area contributed by atoms with Crippen LogP contribution in [0.2, 0.25) is 0 Å². The summed E-state index contributed by atoms with van der Waals surface area (Å²) in [5.41, 5.74) is 1.68. The van der Waals surface area contributed by atoms with Crippen LogP contribution in [0.15, 0.2) is 30.3 Å². The second-order valence-corrected chi connectivity index (χ2v) is 6.05. The van der Waals surface area contributed by atoms with E-state index in [1.165, 1.54) is 12.8 Å². The highest BCUT2D eigenvalue weighted by Crippen LogP contribution is 2.27. The molecule has 3 heterocycles. The summed E-state index contributed by atoms with van der Waals surface area (Å²) in [6, 6.07) is 11.4. The Balaban J connectivity index is 1.49. The molecule has 20 heavy (non-hydrogen) atoms. The van der Waals surface area contributed by atoms with E-state index >= 15 is 0 Å². The number of amides is 1. The first-order chi connectivity index (χ1) is 9.78. The van der Waals surface area contributed by atoms with Gasteiger partial charge >= 0.3 is 0 Å². The number of piperidine rings is 1. The topological polar surface area (TPSA) is 56.9 Å². The molecule has 2 bridgehead atoms. The highest BCUT2D eigenvalue weighted by molar-refractivity contribution is 5.98. The van der Waals surface area contributed by atoms with Crippen molar-refractivity contribution in [1.29, 1.82) is 0 Å². The Kier molecular flexibility index (Phi) is 2.77. The molecule has 2 aromatic rings. The minimum absolute atomic E-state index is 0.0208. The molecule has 4 rings (SSSR count). The van der Waals surface area contributed by atoms with Crippen molar-refractivity contribution in [3.63, 3.8) is 0 Å². The molecule has 0 saturated carbocycles. The highest BCUT2D eigenvalue weighted by atomic mass is 16.1. The lowest BCUT2D eigenvalue weighted by Crippen LogP contribution is -2.48. The van der Waals surface area contributed by atoms with Crippen molar-refractivity contribution in [3.8, 4) is 0 Å². The summed E-state index contributed by atoms with van der Waals surface area (Å²) in [6.45, 7) is 0. The standard InChI is InChI=1S/C16H19N3O/c20-16(15-7-10-3-1-2-4-14(10)19-15)18-13-8-11-5-6-12(9-13)17-11/h1-4,7,11-13,17,19H,5-6,8-9H2,(H,18,20). The van der Waals surface area contributed by atoms with Crippen LogP contribution in [0.3, 0.4) is 0 Å². The monoisotopic (exact) mass is 269 g/mol. The van der Waals surface area contributed by atoms with Gasteiger partial charge in [-0.2, -0.15) is 0 Å². The van der Waals surface area contributed by atoms with Gasteiger partial charge < -0.3 is 15.6 Å². The van der Waals surface area contributed by atoms with E-state index in [9.17, 15) is 4.79 Å². The fourth-order valence-corrected chi connectivity index (χ4v) is 3.63. The summed E-state index contributed by atoms with van der Waals surface area (Å²) in [4.78, 5) is 15.5. The minimum Gasteiger partial charge on any atom is -0.351 e. The van der Waals surface area contributed by atoms with Crippen molar-refractivity contribution < 1.29 is 4.79 Å². The van der Waals surface area contributed by atoms with E-state index in [0.29, 0.717) is 23.8 Å².